The van der Waals surface area contributed by atoms with Gasteiger partial charge in [0.2, 0.25) is 35.3 Å². The SMILES string of the molecule is CN(C)C(=O)[C@@H](NC(=O)CNC(=O)C(=O)C(CCS(C)(=O)=O)NC(=O)[C@@H]1C[C@@H]2CN1C(=O)[C@H](C(C)(C)C)NC(=O)Cc1cccc(c1)OCCCO2)c1ccccc1. The van der Waals surface area contributed by atoms with Crippen LogP contribution < -0.4 is 26.0 Å². The zero-order chi connectivity index (χ0) is 42.8. The summed E-state index contributed by atoms with van der Waals surface area (Å²) in [5.74, 6) is -5.60. The molecule has 316 valence electrons. The highest BCUT2D eigenvalue weighted by Gasteiger charge is 2.46. The number of rotatable bonds is 12. The molecule has 5 atom stereocenters. The van der Waals surface area contributed by atoms with Crippen LogP contribution in [0.5, 0.6) is 5.75 Å². The van der Waals surface area contributed by atoms with Crippen LogP contribution in [-0.4, -0.2) is 136 Å². The first-order valence-electron chi connectivity index (χ1n) is 19.0. The first kappa shape index (κ1) is 45.3. The van der Waals surface area contributed by atoms with Crippen LogP contribution in [0.4, 0.5) is 0 Å². The lowest BCUT2D eigenvalue weighted by molar-refractivity contribution is -0.145. The minimum atomic E-state index is -3.69. The third-order valence-corrected chi connectivity index (χ3v) is 10.6. The Morgan fingerprint density at radius 1 is 0.983 bits per heavy atom. The maximum atomic E-state index is 14.3. The van der Waals surface area contributed by atoms with Crippen LogP contribution in [0.15, 0.2) is 54.6 Å². The Balaban J connectivity index is 1.52. The van der Waals surface area contributed by atoms with Gasteiger partial charge in [-0.15, -0.1) is 0 Å². The van der Waals surface area contributed by atoms with Crippen molar-refractivity contribution >= 4 is 51.1 Å². The monoisotopic (exact) mass is 826 g/mol. The molecule has 18 heteroatoms. The van der Waals surface area contributed by atoms with E-state index in [-0.39, 0.29) is 26.0 Å². The molecule has 2 heterocycles. The second kappa shape index (κ2) is 19.9. The molecule has 0 radical (unpaired) electrons. The van der Waals surface area contributed by atoms with Crippen LogP contribution in [0.25, 0.3) is 0 Å². The Bertz CT molecular complexity index is 1950. The van der Waals surface area contributed by atoms with E-state index in [0.717, 1.165) is 6.26 Å². The third-order valence-electron chi connectivity index (χ3n) is 9.61. The van der Waals surface area contributed by atoms with E-state index in [0.29, 0.717) is 29.9 Å². The maximum Gasteiger partial charge on any atom is 0.290 e. The highest BCUT2D eigenvalue weighted by atomic mass is 32.2. The molecular weight excluding hydrogens is 773 g/mol. The quantitative estimate of drug-likeness (QED) is 0.210. The Morgan fingerprint density at radius 3 is 2.34 bits per heavy atom. The van der Waals surface area contributed by atoms with Gasteiger partial charge in [0.05, 0.1) is 44.1 Å². The molecule has 17 nitrogen and oxygen atoms in total. The normalized spacial score (nSPS) is 20.1. The summed E-state index contributed by atoms with van der Waals surface area (Å²) in [5, 5.41) is 10.1. The fourth-order valence-electron chi connectivity index (χ4n) is 6.54. The smallest absolute Gasteiger partial charge is 0.290 e. The van der Waals surface area contributed by atoms with Gasteiger partial charge in [-0.1, -0.05) is 63.2 Å². The molecule has 1 unspecified atom stereocenters. The van der Waals surface area contributed by atoms with Gasteiger partial charge in [-0.3, -0.25) is 33.6 Å². The Morgan fingerprint density at radius 2 is 1.69 bits per heavy atom. The summed E-state index contributed by atoms with van der Waals surface area (Å²) in [6.07, 6.45) is 0.253. The molecule has 2 aliphatic rings. The lowest BCUT2D eigenvalue weighted by atomic mass is 9.85. The van der Waals surface area contributed by atoms with Crippen molar-refractivity contribution in [3.8, 4) is 5.75 Å². The molecule has 0 aromatic heterocycles. The van der Waals surface area contributed by atoms with E-state index in [1.165, 1.54) is 23.9 Å². The Kier molecular flexibility index (Phi) is 15.5. The van der Waals surface area contributed by atoms with E-state index in [9.17, 15) is 42.0 Å². The number of benzene rings is 2. The third kappa shape index (κ3) is 13.1. The number of sulfone groups is 1. The number of fused-ring (bicyclic) bond motifs is 4. The molecule has 1 saturated heterocycles. The fraction of sp³-hybridized carbons (Fsp3) is 0.525. The minimum Gasteiger partial charge on any atom is -0.493 e. The van der Waals surface area contributed by atoms with Crippen LogP contribution in [0.2, 0.25) is 0 Å². The van der Waals surface area contributed by atoms with Crippen molar-refractivity contribution in [1.29, 1.82) is 0 Å². The molecule has 1 fully saturated rings. The number of hydrogen-bond donors (Lipinski definition) is 4. The number of carbonyl (C=O) groups excluding carboxylic acids is 7. The standard InChI is InChI=1S/C40H54N6O11S/c1-40(2,3)35-39(53)46-24-28(57-18-11-17-56-27-15-10-12-25(20-27)21-31(47)44-35)22-30(46)36(50)42-29(16-19-58(6,54)55)34(49)37(51)41-23-32(48)43-33(38(52)45(4)5)26-13-8-7-9-14-26/h7-10,12-15,20,28-30,33,35H,11,16-19,21-24H2,1-6H3,(H,41,51)(H,42,50)(H,43,48)(H,44,47)/t28-,29?,30+,33+,35-/m1/s1. The number of ether oxygens (including phenoxy) is 2. The lowest BCUT2D eigenvalue weighted by Crippen LogP contribution is -2.59. The van der Waals surface area contributed by atoms with Crippen LogP contribution >= 0.6 is 0 Å². The molecule has 2 aliphatic heterocycles. The Labute approximate surface area is 338 Å². The number of carbonyl (C=O) groups is 7. The highest BCUT2D eigenvalue weighted by Crippen LogP contribution is 2.28. The second-order valence-corrected chi connectivity index (χ2v) is 18.1. The van der Waals surface area contributed by atoms with Crippen molar-refractivity contribution in [3.63, 3.8) is 0 Å². The van der Waals surface area contributed by atoms with Gasteiger partial charge in [0.15, 0.2) is 0 Å². The van der Waals surface area contributed by atoms with Gasteiger partial charge in [-0.05, 0) is 35.1 Å². The molecule has 6 amide bonds. The van der Waals surface area contributed by atoms with Crippen molar-refractivity contribution in [2.45, 2.75) is 76.7 Å². The van der Waals surface area contributed by atoms with E-state index in [1.807, 2.05) is 0 Å². The molecule has 2 aromatic carbocycles. The van der Waals surface area contributed by atoms with Crippen molar-refractivity contribution in [2.24, 2.45) is 5.41 Å². The number of likely N-dealkylation sites (N-methyl/N-ethyl adjacent to an activating group) is 1. The van der Waals surface area contributed by atoms with E-state index in [4.69, 9.17) is 9.47 Å². The summed E-state index contributed by atoms with van der Waals surface area (Å²) in [5.41, 5.74) is 0.335. The largest absolute Gasteiger partial charge is 0.493 e. The Hall–Kier alpha value is -5.36. The zero-order valence-corrected chi connectivity index (χ0v) is 34.6. The molecular formula is C40H54N6O11S. The first-order valence-corrected chi connectivity index (χ1v) is 21.1. The van der Waals surface area contributed by atoms with Gasteiger partial charge < -0.3 is 40.5 Å². The molecule has 4 bridgehead atoms. The van der Waals surface area contributed by atoms with Crippen molar-refractivity contribution in [2.75, 3.05) is 52.4 Å². The molecule has 4 N–H and O–H groups in total. The zero-order valence-electron chi connectivity index (χ0n) is 33.7. The van der Waals surface area contributed by atoms with E-state index >= 15 is 0 Å². The molecule has 58 heavy (non-hydrogen) atoms. The summed E-state index contributed by atoms with van der Waals surface area (Å²) in [7, 11) is -0.658. The van der Waals surface area contributed by atoms with E-state index in [1.54, 1.807) is 75.4 Å². The fourth-order valence-corrected chi connectivity index (χ4v) is 7.21. The van der Waals surface area contributed by atoms with Gasteiger partial charge >= 0.3 is 0 Å². The predicted molar refractivity (Wildman–Crippen MR) is 212 cm³/mol. The summed E-state index contributed by atoms with van der Waals surface area (Å²) >= 11 is 0. The summed E-state index contributed by atoms with van der Waals surface area (Å²) in [4.78, 5) is 96.9. The number of nitrogens with one attached hydrogen (secondary N) is 4. The van der Waals surface area contributed by atoms with Crippen molar-refractivity contribution in [1.82, 2.24) is 31.1 Å². The maximum absolute atomic E-state index is 14.3. The van der Waals surface area contributed by atoms with E-state index in [2.05, 4.69) is 21.3 Å². The van der Waals surface area contributed by atoms with Gasteiger partial charge in [-0.25, -0.2) is 8.42 Å². The molecule has 2 aromatic rings. The minimum absolute atomic E-state index is 0.00236. The van der Waals surface area contributed by atoms with Crippen LogP contribution in [-0.2, 0) is 54.6 Å². The molecule has 0 aliphatic carbocycles. The summed E-state index contributed by atoms with van der Waals surface area (Å²) in [6.45, 7) is 5.08. The molecule has 0 saturated carbocycles. The second-order valence-electron chi connectivity index (χ2n) is 15.8. The molecule has 0 spiro atoms. The highest BCUT2D eigenvalue weighted by molar-refractivity contribution is 7.90. The van der Waals surface area contributed by atoms with Gasteiger partial charge in [-0.2, -0.15) is 0 Å². The van der Waals surface area contributed by atoms with Crippen LogP contribution in [0.1, 0.15) is 57.2 Å². The van der Waals surface area contributed by atoms with Gasteiger partial charge in [0, 0.05) is 39.7 Å². The average molecular weight is 827 g/mol. The first-order chi connectivity index (χ1) is 27.2. The topological polar surface area (TPSA) is 227 Å². The number of nitrogens with zero attached hydrogens (tertiary/aromatic N) is 2. The summed E-state index contributed by atoms with van der Waals surface area (Å²) in [6, 6.07) is 10.4. The van der Waals surface area contributed by atoms with E-state index < -0.39 is 105 Å². The predicted octanol–water partition coefficient (Wildman–Crippen LogP) is 0.0791. The molecule has 4 rings (SSSR count). The number of Topliss-reactive ketones (excluding diaryl/α,β-unsaturated/α-hetero) is 1. The van der Waals surface area contributed by atoms with Crippen molar-refractivity contribution in [3.05, 3.63) is 65.7 Å². The van der Waals surface area contributed by atoms with Gasteiger partial charge in [0.1, 0.15) is 33.7 Å². The number of hydrogen-bond acceptors (Lipinski definition) is 11. The van der Waals surface area contributed by atoms with Crippen LogP contribution in [0.3, 0.4) is 0 Å². The number of amides is 6. The summed E-state index contributed by atoms with van der Waals surface area (Å²) < 4.78 is 36.3. The lowest BCUT2D eigenvalue weighted by Gasteiger charge is -2.35. The van der Waals surface area contributed by atoms with Crippen molar-refractivity contribution < 1.29 is 51.5 Å². The number of ketones is 1. The van der Waals surface area contributed by atoms with Gasteiger partial charge in [0.25, 0.3) is 5.91 Å². The average Bonchev–Trinajstić information content (AvgIpc) is 3.59. The van der Waals surface area contributed by atoms with Crippen LogP contribution in [0, 0.1) is 5.41 Å².